The van der Waals surface area contributed by atoms with Crippen LogP contribution in [0.15, 0.2) is 29.7 Å². The van der Waals surface area contributed by atoms with E-state index in [9.17, 15) is 24.3 Å². The number of H-pyrrole nitrogens is 1. The van der Waals surface area contributed by atoms with E-state index in [1.165, 1.54) is 17.2 Å². The molecule has 0 aromatic carbocycles. The Morgan fingerprint density at radius 3 is 2.67 bits per heavy atom. The molecule has 4 N–H and O–H groups in total. The van der Waals surface area contributed by atoms with Gasteiger partial charge >= 0.3 is 14.5 Å². The van der Waals surface area contributed by atoms with Gasteiger partial charge in [-0.3, -0.25) is 38.0 Å². The molecule has 5 heterocycles. The molecule has 20 nitrogen and oxygen atoms in total. The van der Waals surface area contributed by atoms with Crippen LogP contribution in [0.1, 0.15) is 60.1 Å². The molecule has 1 amide bonds. The number of imidazole rings is 1. The quantitative estimate of drug-likeness (QED) is 0.122. The lowest BCUT2D eigenvalue weighted by atomic mass is 10.1. The molecule has 3 fully saturated rings. The number of amides is 1. The Labute approximate surface area is 335 Å². The summed E-state index contributed by atoms with van der Waals surface area (Å²) >= 11 is 6.07. The van der Waals surface area contributed by atoms with Gasteiger partial charge in [-0.25, -0.2) is 19.5 Å². The second-order valence-corrected chi connectivity index (χ2v) is 25.0. The first-order valence-electron chi connectivity index (χ1n) is 18.5. The zero-order valence-corrected chi connectivity index (χ0v) is 36.3. The monoisotopic (exact) mass is 869 g/mol. The average molecular weight is 870 g/mol. The molecule has 1 aliphatic carbocycles. The maximum absolute atomic E-state index is 13.7. The predicted molar refractivity (Wildman–Crippen MR) is 212 cm³/mol. The highest BCUT2D eigenvalue weighted by atomic mass is 32.5. The Balaban J connectivity index is 1.42. The van der Waals surface area contributed by atoms with E-state index in [4.69, 9.17) is 43.6 Å². The predicted octanol–water partition coefficient (Wildman–Crippen LogP) is 4.75. The van der Waals surface area contributed by atoms with Gasteiger partial charge in [-0.1, -0.05) is 34.6 Å². The van der Waals surface area contributed by atoms with Crippen molar-refractivity contribution in [3.63, 3.8) is 0 Å². The average Bonchev–Trinajstić information content (AvgIpc) is 3.81. The number of hydrogen-bond acceptors (Lipinski definition) is 17. The van der Waals surface area contributed by atoms with Gasteiger partial charge < -0.3 is 28.4 Å². The van der Waals surface area contributed by atoms with Gasteiger partial charge in [0.15, 0.2) is 25.7 Å². The van der Waals surface area contributed by atoms with Gasteiger partial charge in [0.1, 0.15) is 30.5 Å². The Morgan fingerprint density at radius 2 is 1.98 bits per heavy atom. The standard InChI is InChI=1S/C33H49N9O11P2SSi/c1-19(2)29(43)40-32-39-28-25(30(44)41-32)37-18-42(28)31-27-26(53-57(6,7)33(3,4)5)23(50-31)16-48-54(45,46)51-22-14-21(38-24-9-11-35-17-36-24)13-20(22)15-49-55(56,52-27)47-12-8-10-34/h9,11,17-23,26-27,31H,8,12-16H2,1-7H3,(H,45,46)(H,35,36,38)(H2,39,40,41,43,44)/t20-,21-,22+,23-,26?,27-,31-,55?/m1/s1. The third-order valence-electron chi connectivity index (χ3n) is 10.4. The van der Waals surface area contributed by atoms with Crippen molar-refractivity contribution in [2.75, 3.05) is 30.5 Å². The molecule has 0 radical (unpaired) electrons. The van der Waals surface area contributed by atoms with Crippen molar-refractivity contribution in [2.24, 2.45) is 11.8 Å². The molecule has 3 aromatic heterocycles. The number of phosphoric acid groups is 1. The number of carbonyl (C=O) groups excluding carboxylic acids is 1. The number of ether oxygens (including phenoxy) is 1. The number of nitriles is 1. The van der Waals surface area contributed by atoms with Crippen LogP contribution in [0.4, 0.5) is 11.8 Å². The van der Waals surface area contributed by atoms with Crippen LogP contribution in [0.2, 0.25) is 18.1 Å². The fraction of sp³-hybridized carbons (Fsp3) is 0.667. The lowest BCUT2D eigenvalue weighted by Crippen LogP contribution is -2.50. The largest absolute Gasteiger partial charge is 0.472 e. The summed E-state index contributed by atoms with van der Waals surface area (Å²) in [5.41, 5.74) is -0.672. The van der Waals surface area contributed by atoms with Gasteiger partial charge in [-0.05, 0) is 48.8 Å². The lowest BCUT2D eigenvalue weighted by Gasteiger charge is -2.41. The number of aromatic amines is 1. The van der Waals surface area contributed by atoms with Crippen LogP contribution in [0.25, 0.3) is 11.2 Å². The molecular weight excluding hydrogens is 821 g/mol. The Hall–Kier alpha value is -3.03. The van der Waals surface area contributed by atoms with Crippen molar-refractivity contribution in [2.45, 2.75) is 109 Å². The van der Waals surface area contributed by atoms with Crippen molar-refractivity contribution in [1.29, 1.82) is 5.26 Å². The number of fused-ring (bicyclic) bond motifs is 4. The lowest BCUT2D eigenvalue weighted by molar-refractivity contribution is -0.118. The maximum atomic E-state index is 13.7. The van der Waals surface area contributed by atoms with Crippen molar-refractivity contribution in [3.8, 4) is 6.07 Å². The highest BCUT2D eigenvalue weighted by molar-refractivity contribution is 8.07. The maximum Gasteiger partial charge on any atom is 0.472 e. The SMILES string of the molecule is CC(C)C(=O)Nc1nc2c(ncn2[C@@H]2O[C@@H]3COP(=O)(O)O[C@H]4C[C@H](Nc5ccncn5)C[C@@H]4COP(=S)(OCCC#N)O[C@@H]2C3O[Si](C)(C)C(C)(C)C)c(=O)[nH]1. The summed E-state index contributed by atoms with van der Waals surface area (Å²) < 4.78 is 59.6. The summed E-state index contributed by atoms with van der Waals surface area (Å²) in [5.74, 6) is -0.843. The molecule has 3 aromatic rings. The van der Waals surface area contributed by atoms with E-state index in [0.29, 0.717) is 18.7 Å². The first-order valence-corrected chi connectivity index (χ1v) is 25.5. The molecule has 3 aliphatic rings. The van der Waals surface area contributed by atoms with Crippen molar-refractivity contribution in [1.82, 2.24) is 29.5 Å². The molecular formula is C33H49N9O11P2SSi. The number of rotatable bonds is 10. The number of nitrogens with one attached hydrogen (secondary N) is 3. The van der Waals surface area contributed by atoms with E-state index in [2.05, 4.69) is 35.6 Å². The van der Waals surface area contributed by atoms with Crippen molar-refractivity contribution < 1.29 is 46.0 Å². The van der Waals surface area contributed by atoms with E-state index in [-0.39, 0.29) is 53.7 Å². The molecule has 2 aliphatic heterocycles. The van der Waals surface area contributed by atoms with E-state index >= 15 is 0 Å². The highest BCUT2D eigenvalue weighted by Gasteiger charge is 2.55. The van der Waals surface area contributed by atoms with Crippen LogP contribution in [-0.4, -0.2) is 98.9 Å². The molecule has 2 saturated heterocycles. The normalized spacial score (nSPS) is 31.2. The fourth-order valence-corrected chi connectivity index (χ4v) is 10.8. The number of hydrogen-bond donors (Lipinski definition) is 4. The van der Waals surface area contributed by atoms with E-state index in [1.807, 2.05) is 39.9 Å². The van der Waals surface area contributed by atoms with E-state index in [1.54, 1.807) is 26.1 Å². The minimum Gasteiger partial charge on any atom is -0.408 e. The number of phosphoric ester groups is 1. The van der Waals surface area contributed by atoms with Crippen LogP contribution < -0.4 is 16.2 Å². The molecule has 24 heteroatoms. The smallest absolute Gasteiger partial charge is 0.408 e. The molecule has 312 valence electrons. The zero-order chi connectivity index (χ0) is 41.3. The summed E-state index contributed by atoms with van der Waals surface area (Å²) in [4.78, 5) is 56.5. The van der Waals surface area contributed by atoms with E-state index in [0.717, 1.165) is 0 Å². The Kier molecular flexibility index (Phi) is 13.2. The van der Waals surface area contributed by atoms with Gasteiger partial charge in [0.2, 0.25) is 11.9 Å². The van der Waals surface area contributed by atoms with Crippen molar-refractivity contribution in [3.05, 3.63) is 35.3 Å². The fourth-order valence-electron chi connectivity index (χ4n) is 6.37. The van der Waals surface area contributed by atoms with Crippen molar-refractivity contribution >= 4 is 63.5 Å². The molecule has 9 atom stereocenters. The Morgan fingerprint density at radius 1 is 1.21 bits per heavy atom. The first kappa shape index (κ1) is 43.5. The second-order valence-electron chi connectivity index (χ2n) is 15.9. The van der Waals surface area contributed by atoms with Crippen LogP contribution in [0.3, 0.4) is 0 Å². The van der Waals surface area contributed by atoms with Crippen LogP contribution in [-0.2, 0) is 52.9 Å². The molecule has 1 saturated carbocycles. The zero-order valence-electron chi connectivity index (χ0n) is 32.7. The number of anilines is 2. The number of aromatic nitrogens is 6. The summed E-state index contributed by atoms with van der Waals surface area (Å²) in [7, 11) is -7.46. The Bertz CT molecular complexity index is 2120. The first-order chi connectivity index (χ1) is 26.8. The second kappa shape index (κ2) is 17.3. The molecule has 57 heavy (non-hydrogen) atoms. The highest BCUT2D eigenvalue weighted by Crippen LogP contribution is 2.58. The van der Waals surface area contributed by atoms with Gasteiger partial charge in [0, 0.05) is 24.1 Å². The van der Waals surface area contributed by atoms with Crippen LogP contribution in [0, 0.1) is 23.2 Å². The van der Waals surface area contributed by atoms with Crippen LogP contribution >= 0.6 is 14.5 Å². The van der Waals surface area contributed by atoms with E-state index < -0.39 is 77.5 Å². The third-order valence-corrected chi connectivity index (χ3v) is 18.2. The topological polar surface area (TPSA) is 256 Å². The number of carbonyl (C=O) groups is 1. The third kappa shape index (κ3) is 10.2. The molecule has 2 bridgehead atoms. The number of nitrogens with zero attached hydrogens (tertiary/aromatic N) is 6. The minimum absolute atomic E-state index is 0.0203. The molecule has 6 rings (SSSR count). The molecule has 3 unspecified atom stereocenters. The van der Waals surface area contributed by atoms with Gasteiger partial charge in [-0.2, -0.15) is 10.2 Å². The summed E-state index contributed by atoms with van der Waals surface area (Å²) in [6.45, 7) is 9.01. The van der Waals surface area contributed by atoms with Crippen LogP contribution in [0.5, 0.6) is 0 Å². The van der Waals surface area contributed by atoms with Gasteiger partial charge in [0.05, 0.1) is 44.7 Å². The molecule has 0 spiro atoms. The van der Waals surface area contributed by atoms with Gasteiger partial charge in [-0.15, -0.1) is 0 Å². The summed E-state index contributed by atoms with van der Waals surface area (Å²) in [5, 5.41) is 15.0. The van der Waals surface area contributed by atoms with Gasteiger partial charge in [0.25, 0.3) is 5.56 Å². The summed E-state index contributed by atoms with van der Waals surface area (Å²) in [6, 6.07) is 3.51. The summed E-state index contributed by atoms with van der Waals surface area (Å²) in [6.07, 6.45) is -0.304. The minimum atomic E-state index is -4.76.